The molecule has 0 aliphatic rings. The molecule has 42 heavy (non-hydrogen) atoms. The van der Waals surface area contributed by atoms with Crippen LogP contribution in [-0.2, 0) is 25.8 Å². The maximum absolute atomic E-state index is 13.3. The highest BCUT2D eigenvalue weighted by molar-refractivity contribution is 6.10. The zero-order chi connectivity index (χ0) is 30.5. The van der Waals surface area contributed by atoms with E-state index in [1.165, 1.54) is 43.6 Å². The first-order valence-electron chi connectivity index (χ1n) is 12.4. The van der Waals surface area contributed by atoms with Crippen molar-refractivity contribution < 1.29 is 51.5 Å². The minimum atomic E-state index is -5.37. The molecule has 0 radical (unpaired) electrons. The second-order valence-corrected chi connectivity index (χ2v) is 9.39. The summed E-state index contributed by atoms with van der Waals surface area (Å²) < 4.78 is 53.6. The van der Waals surface area contributed by atoms with E-state index in [0.29, 0.717) is 18.9 Å². The van der Waals surface area contributed by atoms with Gasteiger partial charge in [0.25, 0.3) is 0 Å². The van der Waals surface area contributed by atoms with E-state index in [2.05, 4.69) is 19.7 Å². The number of benzene rings is 2. The molecule has 10 nitrogen and oxygen atoms in total. The van der Waals surface area contributed by atoms with Crippen molar-refractivity contribution in [1.29, 1.82) is 0 Å². The molecule has 1 N–H and O–H groups in total. The van der Waals surface area contributed by atoms with Crippen molar-refractivity contribution in [2.24, 2.45) is 0 Å². The molecular formula is C29H25F3N2O8. The molecule has 4 aromatic rings. The highest BCUT2D eigenvalue weighted by Crippen LogP contribution is 2.31. The van der Waals surface area contributed by atoms with Gasteiger partial charge < -0.3 is 19.2 Å². The largest absolute Gasteiger partial charge is 0.497 e. The number of ketones is 1. The Kier molecular flexibility index (Phi) is 8.69. The third kappa shape index (κ3) is 6.97. The summed E-state index contributed by atoms with van der Waals surface area (Å²) >= 11 is 0. The number of fused-ring (bicyclic) bond motifs is 1. The average Bonchev–Trinajstić information content (AvgIpc) is 3.38. The van der Waals surface area contributed by atoms with Gasteiger partial charge in [-0.1, -0.05) is 18.2 Å². The lowest BCUT2D eigenvalue weighted by molar-refractivity contribution is -0.291. The molecule has 0 amide bonds. The molecule has 0 aliphatic carbocycles. The van der Waals surface area contributed by atoms with Gasteiger partial charge in [-0.25, -0.2) is 24.3 Å². The van der Waals surface area contributed by atoms with E-state index in [9.17, 15) is 27.6 Å². The second-order valence-electron chi connectivity index (χ2n) is 9.39. The number of carbonyl (C=O) groups is 3. The van der Waals surface area contributed by atoms with Crippen molar-refractivity contribution >= 4 is 28.6 Å². The van der Waals surface area contributed by atoms with Crippen LogP contribution in [0.4, 0.5) is 13.2 Å². The number of nitrogens with zero attached hydrogens (tertiary/aromatic N) is 1. The van der Waals surface area contributed by atoms with Crippen LogP contribution < -0.4 is 14.2 Å². The molecule has 0 aliphatic heterocycles. The minimum absolute atomic E-state index is 0.0150. The molecule has 0 atom stereocenters. The Hall–Kier alpha value is -5.07. The number of aromatic nitrogens is 2. The van der Waals surface area contributed by atoms with Crippen molar-refractivity contribution in [3.63, 3.8) is 0 Å². The molecule has 4 rings (SSSR count). The van der Waals surface area contributed by atoms with Gasteiger partial charge in [0.15, 0.2) is 5.78 Å². The van der Waals surface area contributed by atoms with Crippen LogP contribution in [0.2, 0.25) is 0 Å². The number of ether oxygens (including phenoxy) is 3. The predicted octanol–water partition coefficient (Wildman–Crippen LogP) is 5.15. The zero-order valence-electron chi connectivity index (χ0n) is 22.6. The zero-order valence-corrected chi connectivity index (χ0v) is 22.6. The Morgan fingerprint density at radius 2 is 1.69 bits per heavy atom. The van der Waals surface area contributed by atoms with Crippen LogP contribution in [0.3, 0.4) is 0 Å². The third-order valence-corrected chi connectivity index (χ3v) is 6.01. The van der Waals surface area contributed by atoms with Crippen LogP contribution in [0.15, 0.2) is 67.0 Å². The molecule has 2 heterocycles. The summed E-state index contributed by atoms with van der Waals surface area (Å²) in [5.41, 5.74) is 0.274. The molecule has 0 bridgehead atoms. The number of carbonyl (C=O) groups excluding carboxylic acids is 3. The first-order valence-corrected chi connectivity index (χ1v) is 12.4. The number of methoxy groups -OCH3 is 1. The fourth-order valence-corrected chi connectivity index (χ4v) is 3.80. The van der Waals surface area contributed by atoms with E-state index in [4.69, 9.17) is 14.2 Å². The van der Waals surface area contributed by atoms with Crippen LogP contribution in [-0.4, -0.2) is 53.2 Å². The van der Waals surface area contributed by atoms with Gasteiger partial charge in [-0.3, -0.25) is 4.79 Å². The predicted molar refractivity (Wildman–Crippen MR) is 141 cm³/mol. The normalized spacial score (nSPS) is 11.6. The summed E-state index contributed by atoms with van der Waals surface area (Å²) in [7, 11) is 1.36. The Labute approximate surface area is 237 Å². The number of halogens is 3. The minimum Gasteiger partial charge on any atom is -0.497 e. The monoisotopic (exact) mass is 586 g/mol. The molecule has 0 unspecified atom stereocenters. The maximum atomic E-state index is 13.3. The number of rotatable bonds is 10. The van der Waals surface area contributed by atoms with E-state index in [1.807, 2.05) is 30.5 Å². The molecule has 0 fully saturated rings. The quantitative estimate of drug-likeness (QED) is 0.153. The fourth-order valence-electron chi connectivity index (χ4n) is 3.80. The molecule has 0 saturated carbocycles. The lowest BCUT2D eigenvalue weighted by atomic mass is 10.0. The first kappa shape index (κ1) is 29.9. The number of aromatic amines is 1. The lowest BCUT2D eigenvalue weighted by Gasteiger charge is -2.24. The third-order valence-electron chi connectivity index (χ3n) is 6.01. The van der Waals surface area contributed by atoms with Crippen LogP contribution in [0.1, 0.15) is 35.3 Å². The lowest BCUT2D eigenvalue weighted by Crippen LogP contribution is -2.41. The Morgan fingerprint density at radius 1 is 0.952 bits per heavy atom. The Bertz CT molecular complexity index is 1600. The van der Waals surface area contributed by atoms with Crippen molar-refractivity contribution in [3.05, 3.63) is 83.7 Å². The molecule has 2 aromatic heterocycles. The Morgan fingerprint density at radius 3 is 2.38 bits per heavy atom. The number of pyridine rings is 1. The molecular weight excluding hydrogens is 561 g/mol. The van der Waals surface area contributed by atoms with Gasteiger partial charge in [-0.15, -0.1) is 0 Å². The van der Waals surface area contributed by atoms with E-state index in [0.717, 1.165) is 30.3 Å². The van der Waals surface area contributed by atoms with Crippen LogP contribution in [0.5, 0.6) is 17.4 Å². The average molecular weight is 587 g/mol. The molecule has 13 heteroatoms. The van der Waals surface area contributed by atoms with Gasteiger partial charge >= 0.3 is 18.1 Å². The van der Waals surface area contributed by atoms with Gasteiger partial charge in [-0.2, -0.15) is 13.2 Å². The van der Waals surface area contributed by atoms with Crippen LogP contribution >= 0.6 is 0 Å². The standard InChI is InChI=1S/C29H25F3N2O8/c1-28(2,26(36)41-42-27(37)29(30,31)32)40-23-14-19(38-3)9-10-21(23)25(35)18-8-11-24(34-16-18)39-13-12-17-15-33-22-7-5-4-6-20(17)22/h4-11,14-16,33H,12-13H2,1-3H3. The summed E-state index contributed by atoms with van der Waals surface area (Å²) in [5, 5.41) is 1.10. The SMILES string of the molecule is COc1ccc(C(=O)c2ccc(OCCc3c[nH]c4ccccc34)nc2)c(OC(C)(C)C(=O)OOC(=O)C(F)(F)F)c1. The summed E-state index contributed by atoms with van der Waals surface area (Å²) in [6, 6.07) is 15.1. The topological polar surface area (TPSA) is 126 Å². The maximum Gasteiger partial charge on any atom is 0.495 e. The number of hydrogen-bond acceptors (Lipinski definition) is 9. The van der Waals surface area contributed by atoms with E-state index >= 15 is 0 Å². The Balaban J connectivity index is 1.44. The number of hydrogen-bond donors (Lipinski definition) is 1. The summed E-state index contributed by atoms with van der Waals surface area (Å²) in [6.45, 7) is 2.64. The van der Waals surface area contributed by atoms with Crippen LogP contribution in [0, 0.1) is 0 Å². The van der Waals surface area contributed by atoms with Gasteiger partial charge in [0, 0.05) is 47.4 Å². The van der Waals surface area contributed by atoms with E-state index < -0.39 is 29.5 Å². The van der Waals surface area contributed by atoms with E-state index in [-0.39, 0.29) is 22.6 Å². The smallest absolute Gasteiger partial charge is 0.495 e. The molecule has 2 aromatic carbocycles. The molecule has 0 saturated heterocycles. The first-order chi connectivity index (χ1) is 19.9. The van der Waals surface area contributed by atoms with Gasteiger partial charge in [0.2, 0.25) is 11.5 Å². The van der Waals surface area contributed by atoms with Gasteiger partial charge in [-0.05, 0) is 43.7 Å². The van der Waals surface area contributed by atoms with Crippen LogP contribution in [0.25, 0.3) is 10.9 Å². The number of nitrogens with one attached hydrogen (secondary N) is 1. The highest BCUT2D eigenvalue weighted by atomic mass is 19.4. The summed E-state index contributed by atoms with van der Waals surface area (Å²) in [6.07, 6.45) is -1.50. The van der Waals surface area contributed by atoms with Gasteiger partial charge in [0.05, 0.1) is 19.3 Å². The number of para-hydroxylation sites is 1. The van der Waals surface area contributed by atoms with Crippen molar-refractivity contribution in [2.45, 2.75) is 32.0 Å². The highest BCUT2D eigenvalue weighted by Gasteiger charge is 2.44. The second kappa shape index (κ2) is 12.2. The van der Waals surface area contributed by atoms with Crippen molar-refractivity contribution in [2.75, 3.05) is 13.7 Å². The van der Waals surface area contributed by atoms with Gasteiger partial charge in [0.1, 0.15) is 11.5 Å². The molecule has 0 spiro atoms. The van der Waals surface area contributed by atoms with E-state index in [1.54, 1.807) is 0 Å². The molecule has 220 valence electrons. The number of H-pyrrole nitrogens is 1. The summed E-state index contributed by atoms with van der Waals surface area (Å²) in [5.74, 6) is -4.32. The van der Waals surface area contributed by atoms with Crippen molar-refractivity contribution in [1.82, 2.24) is 9.97 Å². The summed E-state index contributed by atoms with van der Waals surface area (Å²) in [4.78, 5) is 51.5. The van der Waals surface area contributed by atoms with Crippen molar-refractivity contribution in [3.8, 4) is 17.4 Å². The number of alkyl halides is 3. The fraction of sp³-hybridized carbons (Fsp3) is 0.241.